The zero-order valence-electron chi connectivity index (χ0n) is 13.6. The molecule has 2 atom stereocenters. The standard InChI is InChI=1S/C18H22N2O3/c1-4-12(2)17(21)19-20-18(22)13(3)23-16-10-9-14-7-5-6-8-15(14)11-16/h5-13H,4H2,1-3H3,(H,19,21)(H,20,22). The van der Waals surface area contributed by atoms with E-state index in [9.17, 15) is 9.59 Å². The molecule has 23 heavy (non-hydrogen) atoms. The van der Waals surface area contributed by atoms with E-state index in [1.54, 1.807) is 13.8 Å². The molecule has 0 aliphatic rings. The predicted molar refractivity (Wildman–Crippen MR) is 89.8 cm³/mol. The highest BCUT2D eigenvalue weighted by molar-refractivity contribution is 5.86. The molecule has 2 aromatic rings. The Morgan fingerprint density at radius 3 is 2.35 bits per heavy atom. The van der Waals surface area contributed by atoms with Gasteiger partial charge in [-0.3, -0.25) is 20.4 Å². The average Bonchev–Trinajstić information content (AvgIpc) is 2.58. The number of hydrogen-bond donors (Lipinski definition) is 2. The van der Waals surface area contributed by atoms with Gasteiger partial charge in [-0.1, -0.05) is 44.2 Å². The van der Waals surface area contributed by atoms with Crippen LogP contribution in [0.5, 0.6) is 5.75 Å². The monoisotopic (exact) mass is 314 g/mol. The molecule has 2 amide bonds. The minimum Gasteiger partial charge on any atom is -0.481 e. The molecule has 0 radical (unpaired) electrons. The van der Waals surface area contributed by atoms with E-state index < -0.39 is 12.0 Å². The molecular formula is C18H22N2O3. The molecule has 2 N–H and O–H groups in total. The molecule has 0 bridgehead atoms. The minimum atomic E-state index is -0.714. The second-order valence-corrected chi connectivity index (χ2v) is 5.56. The van der Waals surface area contributed by atoms with E-state index in [1.807, 2.05) is 49.4 Å². The minimum absolute atomic E-state index is 0.146. The van der Waals surface area contributed by atoms with Crippen molar-refractivity contribution in [2.45, 2.75) is 33.3 Å². The lowest BCUT2D eigenvalue weighted by Gasteiger charge is -2.16. The molecule has 0 saturated carbocycles. The van der Waals surface area contributed by atoms with Gasteiger partial charge >= 0.3 is 0 Å². The molecule has 0 saturated heterocycles. The Morgan fingerprint density at radius 1 is 1.00 bits per heavy atom. The molecule has 2 unspecified atom stereocenters. The third-order valence-corrected chi connectivity index (χ3v) is 3.77. The number of hydrazine groups is 1. The zero-order chi connectivity index (χ0) is 16.8. The highest BCUT2D eigenvalue weighted by Crippen LogP contribution is 2.21. The van der Waals surface area contributed by atoms with Gasteiger partial charge in [-0.2, -0.15) is 0 Å². The molecule has 0 heterocycles. The second kappa shape index (κ2) is 7.63. The third-order valence-electron chi connectivity index (χ3n) is 3.77. The first-order valence-electron chi connectivity index (χ1n) is 7.76. The van der Waals surface area contributed by atoms with Crippen LogP contribution >= 0.6 is 0 Å². The summed E-state index contributed by atoms with van der Waals surface area (Å²) in [5.41, 5.74) is 4.80. The second-order valence-electron chi connectivity index (χ2n) is 5.56. The van der Waals surface area contributed by atoms with Crippen LogP contribution in [0.1, 0.15) is 27.2 Å². The highest BCUT2D eigenvalue weighted by Gasteiger charge is 2.17. The summed E-state index contributed by atoms with van der Waals surface area (Å²) >= 11 is 0. The first-order chi connectivity index (χ1) is 11.0. The lowest BCUT2D eigenvalue weighted by molar-refractivity contribution is -0.134. The molecule has 5 heteroatoms. The summed E-state index contributed by atoms with van der Waals surface area (Å²) in [5.74, 6) is -0.139. The lowest BCUT2D eigenvalue weighted by Crippen LogP contribution is -2.48. The summed E-state index contributed by atoms with van der Waals surface area (Å²) in [4.78, 5) is 23.6. The normalized spacial score (nSPS) is 13.2. The largest absolute Gasteiger partial charge is 0.481 e. The van der Waals surface area contributed by atoms with E-state index in [2.05, 4.69) is 10.9 Å². The van der Waals surface area contributed by atoms with E-state index >= 15 is 0 Å². The number of nitrogens with one attached hydrogen (secondary N) is 2. The van der Waals surface area contributed by atoms with E-state index in [4.69, 9.17) is 4.74 Å². The first kappa shape index (κ1) is 16.8. The zero-order valence-corrected chi connectivity index (χ0v) is 13.6. The van der Waals surface area contributed by atoms with Gasteiger partial charge in [0.05, 0.1) is 0 Å². The Labute approximate surface area is 136 Å². The average molecular weight is 314 g/mol. The van der Waals surface area contributed by atoms with Crippen molar-refractivity contribution in [3.05, 3.63) is 42.5 Å². The summed E-state index contributed by atoms with van der Waals surface area (Å²) < 4.78 is 5.64. The van der Waals surface area contributed by atoms with Gasteiger partial charge in [-0.05, 0) is 36.2 Å². The molecule has 0 fully saturated rings. The summed E-state index contributed by atoms with van der Waals surface area (Å²) in [6.45, 7) is 5.36. The van der Waals surface area contributed by atoms with Crippen LogP contribution in [-0.4, -0.2) is 17.9 Å². The maximum absolute atomic E-state index is 12.0. The first-order valence-corrected chi connectivity index (χ1v) is 7.76. The van der Waals surface area contributed by atoms with Crippen LogP contribution in [0.2, 0.25) is 0 Å². The van der Waals surface area contributed by atoms with Gasteiger partial charge in [0, 0.05) is 5.92 Å². The molecule has 0 aliphatic carbocycles. The van der Waals surface area contributed by atoms with Crippen LogP contribution in [-0.2, 0) is 9.59 Å². The van der Waals surface area contributed by atoms with Gasteiger partial charge in [-0.25, -0.2) is 0 Å². The summed E-state index contributed by atoms with van der Waals surface area (Å²) in [6, 6.07) is 13.6. The number of carbonyl (C=O) groups is 2. The predicted octanol–water partition coefficient (Wildman–Crippen LogP) is 2.80. The van der Waals surface area contributed by atoms with Gasteiger partial charge in [0.1, 0.15) is 5.75 Å². The third kappa shape index (κ3) is 4.45. The van der Waals surface area contributed by atoms with Crippen molar-refractivity contribution in [1.29, 1.82) is 0 Å². The van der Waals surface area contributed by atoms with E-state index in [0.717, 1.165) is 10.8 Å². The van der Waals surface area contributed by atoms with Crippen LogP contribution in [0, 0.1) is 5.92 Å². The van der Waals surface area contributed by atoms with Crippen LogP contribution in [0.15, 0.2) is 42.5 Å². The smallest absolute Gasteiger partial charge is 0.279 e. The summed E-state index contributed by atoms with van der Waals surface area (Å²) in [5, 5.41) is 2.15. The van der Waals surface area contributed by atoms with E-state index in [0.29, 0.717) is 12.2 Å². The number of rotatable bonds is 5. The van der Waals surface area contributed by atoms with Crippen LogP contribution in [0.3, 0.4) is 0 Å². The Hall–Kier alpha value is -2.56. The fourth-order valence-electron chi connectivity index (χ4n) is 2.03. The Balaban J connectivity index is 1.93. The molecule has 0 aliphatic heterocycles. The lowest BCUT2D eigenvalue weighted by atomic mass is 10.1. The van der Waals surface area contributed by atoms with Gasteiger partial charge in [0.25, 0.3) is 5.91 Å². The molecule has 0 aromatic heterocycles. The SMILES string of the molecule is CCC(C)C(=O)NNC(=O)C(C)Oc1ccc2ccccc2c1. The number of ether oxygens (including phenoxy) is 1. The van der Waals surface area contributed by atoms with Crippen molar-refractivity contribution in [3.8, 4) is 5.75 Å². The summed E-state index contributed by atoms with van der Waals surface area (Å²) in [7, 11) is 0. The van der Waals surface area contributed by atoms with Gasteiger partial charge in [0.2, 0.25) is 5.91 Å². The van der Waals surface area contributed by atoms with Crippen molar-refractivity contribution in [1.82, 2.24) is 10.9 Å². The summed E-state index contributed by atoms with van der Waals surface area (Å²) in [6.07, 6.45) is -0.00131. The number of fused-ring (bicyclic) bond motifs is 1. The molecule has 2 aromatic carbocycles. The molecule has 0 spiro atoms. The van der Waals surface area contributed by atoms with Gasteiger partial charge < -0.3 is 4.74 Å². The Morgan fingerprint density at radius 2 is 1.65 bits per heavy atom. The number of amides is 2. The molecule has 5 nitrogen and oxygen atoms in total. The van der Waals surface area contributed by atoms with Crippen molar-refractivity contribution in [3.63, 3.8) is 0 Å². The van der Waals surface area contributed by atoms with Crippen LogP contribution in [0.25, 0.3) is 10.8 Å². The van der Waals surface area contributed by atoms with E-state index in [1.165, 1.54) is 0 Å². The highest BCUT2D eigenvalue weighted by atomic mass is 16.5. The fourth-order valence-corrected chi connectivity index (χ4v) is 2.03. The van der Waals surface area contributed by atoms with Crippen molar-refractivity contribution >= 4 is 22.6 Å². The number of benzene rings is 2. The number of carbonyl (C=O) groups excluding carboxylic acids is 2. The molecule has 122 valence electrons. The van der Waals surface area contributed by atoms with E-state index in [-0.39, 0.29) is 11.8 Å². The number of hydrogen-bond acceptors (Lipinski definition) is 3. The van der Waals surface area contributed by atoms with Crippen molar-refractivity contribution < 1.29 is 14.3 Å². The topological polar surface area (TPSA) is 67.4 Å². The van der Waals surface area contributed by atoms with Crippen LogP contribution < -0.4 is 15.6 Å². The van der Waals surface area contributed by atoms with Crippen LogP contribution in [0.4, 0.5) is 0 Å². The molecular weight excluding hydrogens is 292 g/mol. The van der Waals surface area contributed by atoms with Crippen molar-refractivity contribution in [2.24, 2.45) is 5.92 Å². The van der Waals surface area contributed by atoms with Crippen molar-refractivity contribution in [2.75, 3.05) is 0 Å². The molecule has 2 rings (SSSR count). The van der Waals surface area contributed by atoms with Gasteiger partial charge in [0.15, 0.2) is 6.10 Å². The Kier molecular flexibility index (Phi) is 5.57. The Bertz CT molecular complexity index is 699. The quantitative estimate of drug-likeness (QED) is 0.834. The van der Waals surface area contributed by atoms with Gasteiger partial charge in [-0.15, -0.1) is 0 Å². The fraction of sp³-hybridized carbons (Fsp3) is 0.333. The maximum Gasteiger partial charge on any atom is 0.279 e. The maximum atomic E-state index is 12.0.